The minimum Gasteiger partial charge on any atom is -0.374 e. The summed E-state index contributed by atoms with van der Waals surface area (Å²) in [6.07, 6.45) is 5.04. The lowest BCUT2D eigenvalue weighted by atomic mass is 9.60. The Morgan fingerprint density at radius 2 is 1.96 bits per heavy atom. The minimum atomic E-state index is -0.504. The Bertz CT molecular complexity index is 722. The second-order valence-corrected chi connectivity index (χ2v) is 7.97. The number of hydrogen-bond donors (Lipinski definition) is 3. The van der Waals surface area contributed by atoms with Crippen molar-refractivity contribution >= 4 is 23.2 Å². The van der Waals surface area contributed by atoms with Gasteiger partial charge in [-0.05, 0) is 55.7 Å². The SMILES string of the molecule is NC1CC2(CCN(c3ccc(NC4CCC(=O)NC4=O)cc3F)CC2)C1. The third-order valence-electron chi connectivity index (χ3n) is 6.08. The van der Waals surface area contributed by atoms with Gasteiger partial charge in [0.2, 0.25) is 11.8 Å². The number of nitrogens with zero attached hydrogens (tertiary/aromatic N) is 1. The van der Waals surface area contributed by atoms with E-state index in [0.717, 1.165) is 38.8 Å². The van der Waals surface area contributed by atoms with Crippen LogP contribution in [0.4, 0.5) is 15.8 Å². The number of benzene rings is 1. The molecule has 140 valence electrons. The molecular weight excluding hydrogens is 335 g/mol. The Hall–Kier alpha value is -2.15. The quantitative estimate of drug-likeness (QED) is 0.715. The summed E-state index contributed by atoms with van der Waals surface area (Å²) >= 11 is 0. The molecule has 0 radical (unpaired) electrons. The van der Waals surface area contributed by atoms with E-state index in [1.807, 2.05) is 0 Å². The average molecular weight is 360 g/mol. The fourth-order valence-electron chi connectivity index (χ4n) is 4.57. The zero-order valence-electron chi connectivity index (χ0n) is 14.8. The highest BCUT2D eigenvalue weighted by Crippen LogP contribution is 2.48. The van der Waals surface area contributed by atoms with Crippen LogP contribution >= 0.6 is 0 Å². The molecule has 4 N–H and O–H groups in total. The molecular formula is C19H25FN4O2. The number of anilines is 2. The molecule has 1 atom stereocenters. The van der Waals surface area contributed by atoms with Crippen LogP contribution in [0.2, 0.25) is 0 Å². The number of rotatable bonds is 3. The lowest BCUT2D eigenvalue weighted by Gasteiger charge is -2.51. The van der Waals surface area contributed by atoms with Crippen LogP contribution in [0, 0.1) is 11.2 Å². The Morgan fingerprint density at radius 3 is 2.58 bits per heavy atom. The molecule has 1 saturated carbocycles. The maximum Gasteiger partial charge on any atom is 0.249 e. The van der Waals surface area contributed by atoms with Gasteiger partial charge in [0.15, 0.2) is 0 Å². The number of nitrogens with one attached hydrogen (secondary N) is 2. The van der Waals surface area contributed by atoms with Crippen molar-refractivity contribution in [1.29, 1.82) is 0 Å². The van der Waals surface area contributed by atoms with Crippen molar-refractivity contribution in [3.05, 3.63) is 24.0 Å². The van der Waals surface area contributed by atoms with Crippen molar-refractivity contribution in [1.82, 2.24) is 5.32 Å². The number of carbonyl (C=O) groups is 2. The van der Waals surface area contributed by atoms with Crippen LogP contribution in [0.5, 0.6) is 0 Å². The van der Waals surface area contributed by atoms with E-state index < -0.39 is 6.04 Å². The van der Waals surface area contributed by atoms with Crippen LogP contribution in [-0.2, 0) is 9.59 Å². The number of carbonyl (C=O) groups excluding carboxylic acids is 2. The van der Waals surface area contributed by atoms with Gasteiger partial charge in [0.05, 0.1) is 5.69 Å². The largest absolute Gasteiger partial charge is 0.374 e. The fraction of sp³-hybridized carbons (Fsp3) is 0.579. The smallest absolute Gasteiger partial charge is 0.249 e. The van der Waals surface area contributed by atoms with Crippen molar-refractivity contribution in [2.75, 3.05) is 23.3 Å². The lowest BCUT2D eigenvalue weighted by Crippen LogP contribution is -2.52. The maximum absolute atomic E-state index is 14.6. The Morgan fingerprint density at radius 1 is 1.23 bits per heavy atom. The minimum absolute atomic E-state index is 0.259. The fourth-order valence-corrected chi connectivity index (χ4v) is 4.57. The van der Waals surface area contributed by atoms with Crippen LogP contribution in [0.25, 0.3) is 0 Å². The Labute approximate surface area is 152 Å². The number of hydrogen-bond acceptors (Lipinski definition) is 5. The predicted octanol–water partition coefficient (Wildman–Crippen LogP) is 1.75. The van der Waals surface area contributed by atoms with Gasteiger partial charge >= 0.3 is 0 Å². The van der Waals surface area contributed by atoms with Crippen LogP contribution in [0.3, 0.4) is 0 Å². The molecule has 1 aromatic carbocycles. The second-order valence-electron chi connectivity index (χ2n) is 7.97. The summed E-state index contributed by atoms with van der Waals surface area (Å²) in [5, 5.41) is 5.32. The van der Waals surface area contributed by atoms with Gasteiger partial charge in [0.1, 0.15) is 11.9 Å². The van der Waals surface area contributed by atoms with Gasteiger partial charge in [-0.15, -0.1) is 0 Å². The topological polar surface area (TPSA) is 87.5 Å². The predicted molar refractivity (Wildman–Crippen MR) is 97.3 cm³/mol. The van der Waals surface area contributed by atoms with Crippen molar-refractivity contribution in [2.45, 2.75) is 50.6 Å². The third kappa shape index (κ3) is 3.28. The molecule has 7 heteroatoms. The third-order valence-corrected chi connectivity index (χ3v) is 6.08. The van der Waals surface area contributed by atoms with Crippen molar-refractivity contribution in [2.24, 2.45) is 11.1 Å². The molecule has 6 nitrogen and oxygen atoms in total. The Balaban J connectivity index is 1.39. The van der Waals surface area contributed by atoms with Crippen LogP contribution < -0.4 is 21.3 Å². The van der Waals surface area contributed by atoms with Gasteiger partial charge in [-0.2, -0.15) is 0 Å². The lowest BCUT2D eigenvalue weighted by molar-refractivity contribution is -0.133. The van der Waals surface area contributed by atoms with Crippen LogP contribution in [-0.4, -0.2) is 37.0 Å². The van der Waals surface area contributed by atoms with E-state index in [1.54, 1.807) is 12.1 Å². The molecule has 1 aromatic rings. The van der Waals surface area contributed by atoms with Crippen molar-refractivity contribution in [3.63, 3.8) is 0 Å². The van der Waals surface area contributed by atoms with Crippen LogP contribution in [0.15, 0.2) is 18.2 Å². The normalized spacial score (nSPS) is 25.8. The summed E-state index contributed by atoms with van der Waals surface area (Å²) < 4.78 is 14.6. The molecule has 0 aromatic heterocycles. The van der Waals surface area contributed by atoms with E-state index in [2.05, 4.69) is 15.5 Å². The molecule has 0 bridgehead atoms. The molecule has 1 unspecified atom stereocenters. The van der Waals surface area contributed by atoms with Gasteiger partial charge in [-0.1, -0.05) is 0 Å². The average Bonchev–Trinajstić information content (AvgIpc) is 2.57. The maximum atomic E-state index is 14.6. The van der Waals surface area contributed by atoms with E-state index in [0.29, 0.717) is 35.7 Å². The number of amides is 2. The van der Waals surface area contributed by atoms with Crippen molar-refractivity contribution in [3.8, 4) is 0 Å². The van der Waals surface area contributed by atoms with E-state index in [1.165, 1.54) is 6.07 Å². The van der Waals surface area contributed by atoms with E-state index >= 15 is 0 Å². The highest BCUT2D eigenvalue weighted by atomic mass is 19.1. The first kappa shape index (κ1) is 17.3. The first-order valence-electron chi connectivity index (χ1n) is 9.34. The van der Waals surface area contributed by atoms with Gasteiger partial charge in [-0.25, -0.2) is 4.39 Å². The molecule has 26 heavy (non-hydrogen) atoms. The number of piperidine rings is 2. The molecule has 2 amide bonds. The van der Waals surface area contributed by atoms with Crippen LogP contribution in [0.1, 0.15) is 38.5 Å². The standard InChI is InChI=1S/C19H25FN4O2/c20-14-9-13(22-15-2-4-17(25)23-18(15)26)1-3-16(14)24-7-5-19(6-8-24)10-12(21)11-19/h1,3,9,12,15,22H,2,4-8,10-11,21H2,(H,23,25,26). The van der Waals surface area contributed by atoms with Gasteiger partial charge in [0, 0.05) is 31.2 Å². The summed E-state index contributed by atoms with van der Waals surface area (Å²) in [5.41, 5.74) is 7.49. The van der Waals surface area contributed by atoms with E-state index in [4.69, 9.17) is 5.73 Å². The van der Waals surface area contributed by atoms with Gasteiger partial charge < -0.3 is 16.0 Å². The van der Waals surface area contributed by atoms with E-state index in [-0.39, 0.29) is 17.6 Å². The van der Waals surface area contributed by atoms with Gasteiger partial charge in [0.25, 0.3) is 0 Å². The first-order chi connectivity index (χ1) is 12.4. The molecule has 2 saturated heterocycles. The monoisotopic (exact) mass is 360 g/mol. The highest BCUT2D eigenvalue weighted by molar-refractivity contribution is 6.01. The molecule has 4 rings (SSSR count). The molecule has 1 aliphatic carbocycles. The summed E-state index contributed by atoms with van der Waals surface area (Å²) in [6, 6.07) is 4.84. The Kier molecular flexibility index (Phi) is 4.34. The first-order valence-corrected chi connectivity index (χ1v) is 9.34. The molecule has 3 fully saturated rings. The summed E-state index contributed by atoms with van der Waals surface area (Å²) in [5.74, 6) is -0.904. The zero-order valence-corrected chi connectivity index (χ0v) is 14.8. The van der Waals surface area contributed by atoms with Gasteiger partial charge in [-0.3, -0.25) is 14.9 Å². The number of halogens is 1. The van der Waals surface area contributed by atoms with E-state index in [9.17, 15) is 14.0 Å². The highest BCUT2D eigenvalue weighted by Gasteiger charge is 2.44. The summed E-state index contributed by atoms with van der Waals surface area (Å²) in [7, 11) is 0. The summed E-state index contributed by atoms with van der Waals surface area (Å²) in [4.78, 5) is 25.1. The second kappa shape index (κ2) is 6.54. The molecule has 2 heterocycles. The zero-order chi connectivity index (χ0) is 18.3. The number of nitrogens with two attached hydrogens (primary N) is 1. The molecule has 2 aliphatic heterocycles. The number of imide groups is 1. The molecule has 3 aliphatic rings. The summed E-state index contributed by atoms with van der Waals surface area (Å²) in [6.45, 7) is 1.70. The van der Waals surface area contributed by atoms with Crippen molar-refractivity contribution < 1.29 is 14.0 Å². The molecule has 1 spiro atoms.